The standard InChI is InChI=1S/C24H21N5O3/c1-16-26-22(27-32-16)18-9-7-17(8-10-18)13-29-15-25-21-14-28(12-11-20(21)24(29)31)23(30)19-5-3-2-4-6-19/h2-10,15H,11-14H2,1H3. The number of aromatic nitrogens is 4. The predicted molar refractivity (Wildman–Crippen MR) is 117 cm³/mol. The van der Waals surface area contributed by atoms with Crippen LogP contribution in [-0.4, -0.2) is 37.0 Å². The molecular formula is C24H21N5O3. The molecule has 1 amide bonds. The summed E-state index contributed by atoms with van der Waals surface area (Å²) >= 11 is 0. The van der Waals surface area contributed by atoms with Crippen LogP contribution < -0.4 is 5.56 Å². The van der Waals surface area contributed by atoms with E-state index >= 15 is 0 Å². The van der Waals surface area contributed by atoms with Gasteiger partial charge in [-0.1, -0.05) is 47.6 Å². The number of carbonyl (C=O) groups excluding carboxylic acids is 1. The second-order valence-electron chi connectivity index (χ2n) is 7.78. The van der Waals surface area contributed by atoms with Crippen molar-refractivity contribution in [3.63, 3.8) is 0 Å². The Morgan fingerprint density at radius 2 is 1.88 bits per heavy atom. The summed E-state index contributed by atoms with van der Waals surface area (Å²) in [5, 5.41) is 3.92. The highest BCUT2D eigenvalue weighted by Crippen LogP contribution is 2.18. The molecule has 0 spiro atoms. The van der Waals surface area contributed by atoms with Gasteiger partial charge in [-0.3, -0.25) is 14.2 Å². The maximum Gasteiger partial charge on any atom is 0.257 e. The number of nitrogens with zero attached hydrogens (tertiary/aromatic N) is 5. The third kappa shape index (κ3) is 3.82. The number of amides is 1. The van der Waals surface area contributed by atoms with Crippen LogP contribution in [-0.2, 0) is 19.5 Å². The predicted octanol–water partition coefficient (Wildman–Crippen LogP) is 2.85. The normalized spacial score (nSPS) is 13.1. The molecule has 5 rings (SSSR count). The zero-order valence-electron chi connectivity index (χ0n) is 17.6. The van der Waals surface area contributed by atoms with Gasteiger partial charge in [0.2, 0.25) is 11.7 Å². The van der Waals surface area contributed by atoms with Gasteiger partial charge in [-0.15, -0.1) is 0 Å². The largest absolute Gasteiger partial charge is 0.339 e. The summed E-state index contributed by atoms with van der Waals surface area (Å²) in [6.45, 7) is 3.01. The summed E-state index contributed by atoms with van der Waals surface area (Å²) in [5.41, 5.74) is 3.76. The lowest BCUT2D eigenvalue weighted by atomic mass is 10.0. The first-order valence-electron chi connectivity index (χ1n) is 10.4. The van der Waals surface area contributed by atoms with E-state index in [2.05, 4.69) is 15.1 Å². The SMILES string of the molecule is Cc1nc(-c2ccc(Cn3cnc4c(c3=O)CCN(C(=O)c3ccccc3)C4)cc2)no1. The smallest absolute Gasteiger partial charge is 0.257 e. The summed E-state index contributed by atoms with van der Waals surface area (Å²) in [6.07, 6.45) is 2.06. The highest BCUT2D eigenvalue weighted by molar-refractivity contribution is 5.94. The Bertz CT molecular complexity index is 1330. The monoisotopic (exact) mass is 427 g/mol. The van der Waals surface area contributed by atoms with Crippen LogP contribution in [0.25, 0.3) is 11.4 Å². The number of benzene rings is 2. The number of carbonyl (C=O) groups is 1. The quantitative estimate of drug-likeness (QED) is 0.497. The van der Waals surface area contributed by atoms with E-state index in [1.807, 2.05) is 42.5 Å². The Morgan fingerprint density at radius 3 is 2.59 bits per heavy atom. The summed E-state index contributed by atoms with van der Waals surface area (Å²) in [5.74, 6) is 1.01. The van der Waals surface area contributed by atoms with Crippen molar-refractivity contribution in [2.45, 2.75) is 26.4 Å². The average molecular weight is 427 g/mol. The van der Waals surface area contributed by atoms with Gasteiger partial charge < -0.3 is 9.42 Å². The van der Waals surface area contributed by atoms with Gasteiger partial charge in [0.25, 0.3) is 11.5 Å². The lowest BCUT2D eigenvalue weighted by Crippen LogP contribution is -2.40. The van der Waals surface area contributed by atoms with Crippen LogP contribution in [0.2, 0.25) is 0 Å². The first-order valence-corrected chi connectivity index (χ1v) is 10.4. The molecule has 160 valence electrons. The number of hydrogen-bond acceptors (Lipinski definition) is 6. The van der Waals surface area contributed by atoms with Gasteiger partial charge in [0.15, 0.2) is 0 Å². The Morgan fingerprint density at radius 1 is 1.09 bits per heavy atom. The summed E-state index contributed by atoms with van der Waals surface area (Å²) in [4.78, 5) is 36.3. The molecule has 0 radical (unpaired) electrons. The second-order valence-corrected chi connectivity index (χ2v) is 7.78. The first kappa shape index (κ1) is 19.9. The van der Waals surface area contributed by atoms with Crippen molar-refractivity contribution in [1.82, 2.24) is 24.6 Å². The fraction of sp³-hybridized carbons (Fsp3) is 0.208. The van der Waals surface area contributed by atoms with Crippen LogP contribution in [0.5, 0.6) is 0 Å². The topological polar surface area (TPSA) is 94.1 Å². The zero-order chi connectivity index (χ0) is 22.1. The van der Waals surface area contributed by atoms with E-state index in [-0.39, 0.29) is 11.5 Å². The Labute approximate surface area is 184 Å². The van der Waals surface area contributed by atoms with Gasteiger partial charge in [0.1, 0.15) is 0 Å². The van der Waals surface area contributed by atoms with Crippen LogP contribution in [0.1, 0.15) is 33.1 Å². The molecule has 0 saturated carbocycles. The number of rotatable bonds is 4. The van der Waals surface area contributed by atoms with Gasteiger partial charge in [0, 0.05) is 30.2 Å². The molecule has 8 nitrogen and oxygen atoms in total. The minimum atomic E-state index is -0.0559. The van der Waals surface area contributed by atoms with Gasteiger partial charge in [0.05, 0.1) is 25.1 Å². The molecule has 3 heterocycles. The van der Waals surface area contributed by atoms with Gasteiger partial charge in [-0.05, 0) is 24.1 Å². The van der Waals surface area contributed by atoms with Crippen molar-refractivity contribution in [2.24, 2.45) is 0 Å². The number of aryl methyl sites for hydroxylation is 1. The molecule has 4 aromatic rings. The summed E-state index contributed by atoms with van der Waals surface area (Å²) in [6, 6.07) is 16.9. The molecule has 32 heavy (non-hydrogen) atoms. The molecule has 2 aromatic heterocycles. The van der Waals surface area contributed by atoms with E-state index in [0.717, 1.165) is 11.1 Å². The van der Waals surface area contributed by atoms with E-state index in [9.17, 15) is 9.59 Å². The molecule has 8 heteroatoms. The van der Waals surface area contributed by atoms with Crippen molar-refractivity contribution >= 4 is 5.91 Å². The molecule has 1 aliphatic rings. The third-order valence-corrected chi connectivity index (χ3v) is 5.59. The van der Waals surface area contributed by atoms with Gasteiger partial charge >= 0.3 is 0 Å². The van der Waals surface area contributed by atoms with Crippen LogP contribution in [0, 0.1) is 6.92 Å². The van der Waals surface area contributed by atoms with Crippen LogP contribution in [0.3, 0.4) is 0 Å². The second kappa shape index (κ2) is 8.22. The van der Waals surface area contributed by atoms with Crippen molar-refractivity contribution in [1.29, 1.82) is 0 Å². The maximum absolute atomic E-state index is 13.0. The van der Waals surface area contributed by atoms with Gasteiger partial charge in [-0.2, -0.15) is 4.98 Å². The lowest BCUT2D eigenvalue weighted by molar-refractivity contribution is 0.0731. The molecular weight excluding hydrogens is 406 g/mol. The molecule has 0 saturated heterocycles. The molecule has 2 aromatic carbocycles. The molecule has 0 unspecified atom stereocenters. The van der Waals surface area contributed by atoms with E-state index in [0.29, 0.717) is 54.6 Å². The highest BCUT2D eigenvalue weighted by atomic mass is 16.5. The Kier molecular flexibility index (Phi) is 5.10. The molecule has 0 fully saturated rings. The Hall–Kier alpha value is -4.07. The van der Waals surface area contributed by atoms with Crippen molar-refractivity contribution in [3.05, 3.63) is 99.6 Å². The lowest BCUT2D eigenvalue weighted by Gasteiger charge is -2.28. The fourth-order valence-electron chi connectivity index (χ4n) is 3.88. The van der Waals surface area contributed by atoms with Gasteiger partial charge in [-0.25, -0.2) is 4.98 Å². The molecule has 0 atom stereocenters. The maximum atomic E-state index is 13.0. The highest BCUT2D eigenvalue weighted by Gasteiger charge is 2.25. The number of fused-ring (bicyclic) bond motifs is 1. The molecule has 1 aliphatic heterocycles. The average Bonchev–Trinajstić information content (AvgIpc) is 3.27. The van der Waals surface area contributed by atoms with E-state index in [4.69, 9.17) is 4.52 Å². The summed E-state index contributed by atoms with van der Waals surface area (Å²) < 4.78 is 6.63. The van der Waals surface area contributed by atoms with Crippen LogP contribution >= 0.6 is 0 Å². The fourth-order valence-corrected chi connectivity index (χ4v) is 3.88. The Balaban J connectivity index is 1.32. The third-order valence-electron chi connectivity index (χ3n) is 5.59. The number of hydrogen-bond donors (Lipinski definition) is 0. The van der Waals surface area contributed by atoms with Crippen molar-refractivity contribution in [2.75, 3.05) is 6.54 Å². The summed E-state index contributed by atoms with van der Waals surface area (Å²) in [7, 11) is 0. The first-order chi connectivity index (χ1) is 15.6. The van der Waals surface area contributed by atoms with Crippen LogP contribution in [0.4, 0.5) is 0 Å². The van der Waals surface area contributed by atoms with Crippen LogP contribution in [0.15, 0.2) is 70.2 Å². The van der Waals surface area contributed by atoms with E-state index < -0.39 is 0 Å². The van der Waals surface area contributed by atoms with E-state index in [1.54, 1.807) is 34.9 Å². The molecule has 0 N–H and O–H groups in total. The zero-order valence-corrected chi connectivity index (χ0v) is 17.6. The van der Waals surface area contributed by atoms with Crippen molar-refractivity contribution in [3.8, 4) is 11.4 Å². The van der Waals surface area contributed by atoms with E-state index in [1.165, 1.54) is 0 Å². The molecule has 0 aliphatic carbocycles. The van der Waals surface area contributed by atoms with Crippen molar-refractivity contribution < 1.29 is 9.32 Å². The minimum absolute atomic E-state index is 0.0425. The molecule has 0 bridgehead atoms. The minimum Gasteiger partial charge on any atom is -0.339 e.